The molecule has 0 unspecified atom stereocenters. The van der Waals surface area contributed by atoms with E-state index in [0.717, 1.165) is 18.8 Å². The molecule has 2 rings (SSSR count). The number of halogens is 1. The zero-order chi connectivity index (χ0) is 11.2. The SMILES string of the molecule is FCCNc1ccc(N2CCCCC2)cc1. The van der Waals surface area contributed by atoms with E-state index in [1.165, 1.54) is 24.9 Å². The van der Waals surface area contributed by atoms with Crippen molar-refractivity contribution in [2.24, 2.45) is 0 Å². The Hall–Kier alpha value is -1.25. The van der Waals surface area contributed by atoms with Crippen LogP contribution >= 0.6 is 0 Å². The lowest BCUT2D eigenvalue weighted by molar-refractivity contribution is 0.513. The van der Waals surface area contributed by atoms with E-state index in [0.29, 0.717) is 6.54 Å². The van der Waals surface area contributed by atoms with E-state index in [4.69, 9.17) is 0 Å². The first-order valence-electron chi connectivity index (χ1n) is 6.05. The third kappa shape index (κ3) is 2.87. The molecule has 2 nitrogen and oxygen atoms in total. The number of benzene rings is 1. The van der Waals surface area contributed by atoms with Crippen molar-refractivity contribution in [1.29, 1.82) is 0 Å². The number of nitrogens with one attached hydrogen (secondary N) is 1. The predicted octanol–water partition coefficient (Wildman–Crippen LogP) is 3.06. The molecule has 1 aromatic carbocycles. The first-order valence-corrected chi connectivity index (χ1v) is 6.05. The minimum absolute atomic E-state index is 0.326. The van der Waals surface area contributed by atoms with Crippen LogP contribution in [0.2, 0.25) is 0 Å². The van der Waals surface area contributed by atoms with Crippen molar-refractivity contribution in [3.8, 4) is 0 Å². The molecule has 1 aliphatic rings. The van der Waals surface area contributed by atoms with E-state index in [1.807, 2.05) is 12.1 Å². The van der Waals surface area contributed by atoms with Crippen LogP contribution in [0.25, 0.3) is 0 Å². The Labute approximate surface area is 96.5 Å². The van der Waals surface area contributed by atoms with Crippen LogP contribution in [0.3, 0.4) is 0 Å². The van der Waals surface area contributed by atoms with Gasteiger partial charge in [0.2, 0.25) is 0 Å². The summed E-state index contributed by atoms with van der Waals surface area (Å²) in [4.78, 5) is 2.42. The maximum atomic E-state index is 12.0. The molecule has 0 radical (unpaired) electrons. The van der Waals surface area contributed by atoms with Crippen LogP contribution in [0, 0.1) is 0 Å². The van der Waals surface area contributed by atoms with Gasteiger partial charge in [0.15, 0.2) is 0 Å². The third-order valence-corrected chi connectivity index (χ3v) is 3.01. The van der Waals surface area contributed by atoms with Crippen molar-refractivity contribution in [3.63, 3.8) is 0 Å². The van der Waals surface area contributed by atoms with Gasteiger partial charge in [-0.1, -0.05) is 0 Å². The molecule has 0 amide bonds. The number of hydrogen-bond acceptors (Lipinski definition) is 2. The normalized spacial score (nSPS) is 16.2. The van der Waals surface area contributed by atoms with Gasteiger partial charge in [0.1, 0.15) is 6.67 Å². The topological polar surface area (TPSA) is 15.3 Å². The lowest BCUT2D eigenvalue weighted by atomic mass is 10.1. The fourth-order valence-electron chi connectivity index (χ4n) is 2.13. The number of rotatable bonds is 4. The highest BCUT2D eigenvalue weighted by molar-refractivity contribution is 5.55. The van der Waals surface area contributed by atoms with Gasteiger partial charge < -0.3 is 10.2 Å². The summed E-state index contributed by atoms with van der Waals surface area (Å²) in [5.41, 5.74) is 2.28. The van der Waals surface area contributed by atoms with Crippen LogP contribution in [-0.2, 0) is 0 Å². The predicted molar refractivity (Wildman–Crippen MR) is 67.0 cm³/mol. The van der Waals surface area contributed by atoms with Crippen LogP contribution in [0.1, 0.15) is 19.3 Å². The quantitative estimate of drug-likeness (QED) is 0.842. The number of hydrogen-bond donors (Lipinski definition) is 1. The highest BCUT2D eigenvalue weighted by Crippen LogP contribution is 2.21. The lowest BCUT2D eigenvalue weighted by Crippen LogP contribution is -2.29. The fraction of sp³-hybridized carbons (Fsp3) is 0.538. The van der Waals surface area contributed by atoms with Crippen LogP contribution in [0.15, 0.2) is 24.3 Å². The van der Waals surface area contributed by atoms with E-state index in [1.54, 1.807) is 0 Å². The molecule has 1 saturated heterocycles. The summed E-state index contributed by atoms with van der Waals surface area (Å²) in [6.07, 6.45) is 3.94. The van der Waals surface area contributed by atoms with E-state index in [9.17, 15) is 4.39 Å². The van der Waals surface area contributed by atoms with Crippen molar-refractivity contribution >= 4 is 11.4 Å². The first-order chi connectivity index (χ1) is 7.90. The highest BCUT2D eigenvalue weighted by atomic mass is 19.1. The van der Waals surface area contributed by atoms with E-state index in [2.05, 4.69) is 22.3 Å². The van der Waals surface area contributed by atoms with Gasteiger partial charge in [-0.2, -0.15) is 0 Å². The molecule has 1 heterocycles. The second-order valence-corrected chi connectivity index (χ2v) is 4.21. The standard InChI is InChI=1S/C13H19FN2/c14-8-9-15-12-4-6-13(7-5-12)16-10-2-1-3-11-16/h4-7,15H,1-3,8-11H2. The molecule has 3 heteroatoms. The summed E-state index contributed by atoms with van der Waals surface area (Å²) in [7, 11) is 0. The molecule has 1 aliphatic heterocycles. The minimum Gasteiger partial charge on any atom is -0.382 e. The Morgan fingerprint density at radius 2 is 1.75 bits per heavy atom. The summed E-state index contributed by atoms with van der Waals surface area (Å²) >= 11 is 0. The van der Waals surface area contributed by atoms with Gasteiger partial charge in [0.05, 0.1) is 0 Å². The first kappa shape index (κ1) is 11.2. The van der Waals surface area contributed by atoms with Crippen LogP contribution in [-0.4, -0.2) is 26.3 Å². The molecule has 1 N–H and O–H groups in total. The molecular formula is C13H19FN2. The minimum atomic E-state index is -0.326. The zero-order valence-corrected chi connectivity index (χ0v) is 9.58. The Bertz CT molecular complexity index is 304. The Balaban J connectivity index is 1.95. The van der Waals surface area contributed by atoms with Crippen molar-refractivity contribution in [1.82, 2.24) is 0 Å². The van der Waals surface area contributed by atoms with Crippen LogP contribution in [0.5, 0.6) is 0 Å². The summed E-state index contributed by atoms with van der Waals surface area (Å²) in [6.45, 7) is 2.39. The van der Waals surface area contributed by atoms with Gasteiger partial charge >= 0.3 is 0 Å². The maximum absolute atomic E-state index is 12.0. The average molecular weight is 222 g/mol. The maximum Gasteiger partial charge on any atom is 0.107 e. The van der Waals surface area contributed by atoms with Crippen LogP contribution < -0.4 is 10.2 Å². The molecule has 0 bridgehead atoms. The van der Waals surface area contributed by atoms with Gasteiger partial charge in [-0.15, -0.1) is 0 Å². The van der Waals surface area contributed by atoms with Crippen LogP contribution in [0.4, 0.5) is 15.8 Å². The second-order valence-electron chi connectivity index (χ2n) is 4.21. The van der Waals surface area contributed by atoms with Crippen molar-refractivity contribution in [2.45, 2.75) is 19.3 Å². The number of anilines is 2. The monoisotopic (exact) mass is 222 g/mol. The molecule has 88 valence electrons. The summed E-state index contributed by atoms with van der Waals surface area (Å²) in [5.74, 6) is 0. The molecule has 0 saturated carbocycles. The van der Waals surface area contributed by atoms with Gasteiger partial charge in [-0.05, 0) is 43.5 Å². The van der Waals surface area contributed by atoms with Gasteiger partial charge in [0.25, 0.3) is 0 Å². The molecule has 16 heavy (non-hydrogen) atoms. The number of nitrogens with zero attached hydrogens (tertiary/aromatic N) is 1. The molecule has 0 spiro atoms. The number of piperidine rings is 1. The van der Waals surface area contributed by atoms with Gasteiger partial charge in [-0.3, -0.25) is 0 Å². The average Bonchev–Trinajstić information content (AvgIpc) is 2.38. The molecule has 1 fully saturated rings. The largest absolute Gasteiger partial charge is 0.382 e. The zero-order valence-electron chi connectivity index (χ0n) is 9.58. The van der Waals surface area contributed by atoms with E-state index in [-0.39, 0.29) is 6.67 Å². The van der Waals surface area contributed by atoms with Crippen molar-refractivity contribution in [2.75, 3.05) is 36.5 Å². The molecule has 0 aromatic heterocycles. The Morgan fingerprint density at radius 3 is 2.38 bits per heavy atom. The smallest absolute Gasteiger partial charge is 0.107 e. The highest BCUT2D eigenvalue weighted by Gasteiger charge is 2.10. The van der Waals surface area contributed by atoms with E-state index < -0.39 is 0 Å². The summed E-state index contributed by atoms with van der Waals surface area (Å²) in [5, 5.41) is 3.03. The lowest BCUT2D eigenvalue weighted by Gasteiger charge is -2.28. The Kier molecular flexibility index (Phi) is 4.03. The number of alkyl halides is 1. The molecule has 1 aromatic rings. The van der Waals surface area contributed by atoms with Gasteiger partial charge in [-0.25, -0.2) is 4.39 Å². The van der Waals surface area contributed by atoms with Gasteiger partial charge in [0, 0.05) is 31.0 Å². The third-order valence-electron chi connectivity index (χ3n) is 3.01. The second kappa shape index (κ2) is 5.73. The summed E-state index contributed by atoms with van der Waals surface area (Å²) in [6, 6.07) is 8.29. The van der Waals surface area contributed by atoms with E-state index >= 15 is 0 Å². The molecule has 0 atom stereocenters. The Morgan fingerprint density at radius 1 is 1.06 bits per heavy atom. The summed E-state index contributed by atoms with van der Waals surface area (Å²) < 4.78 is 12.0. The molecular weight excluding hydrogens is 203 g/mol. The van der Waals surface area contributed by atoms with Crippen molar-refractivity contribution < 1.29 is 4.39 Å². The molecule has 0 aliphatic carbocycles. The van der Waals surface area contributed by atoms with Crippen molar-refractivity contribution in [3.05, 3.63) is 24.3 Å². The fourth-order valence-corrected chi connectivity index (χ4v) is 2.13.